The van der Waals surface area contributed by atoms with Gasteiger partial charge < -0.3 is 10.1 Å². The lowest BCUT2D eigenvalue weighted by atomic mass is 10.2. The fourth-order valence-electron chi connectivity index (χ4n) is 1.27. The van der Waals surface area contributed by atoms with Crippen LogP contribution in [0.3, 0.4) is 0 Å². The van der Waals surface area contributed by atoms with Crippen LogP contribution in [0.4, 0.5) is 0 Å². The molecule has 7 heteroatoms. The van der Waals surface area contributed by atoms with E-state index >= 15 is 0 Å². The molecule has 0 atom stereocenters. The van der Waals surface area contributed by atoms with E-state index in [0.717, 1.165) is 0 Å². The topological polar surface area (TPSA) is 72.5 Å². The van der Waals surface area contributed by atoms with Gasteiger partial charge in [0.05, 0.1) is 7.11 Å². The lowest BCUT2D eigenvalue weighted by Crippen LogP contribution is -2.22. The fourth-order valence-corrected chi connectivity index (χ4v) is 2.29. The van der Waals surface area contributed by atoms with Crippen molar-refractivity contribution in [1.29, 1.82) is 0 Å². The van der Waals surface area contributed by atoms with E-state index in [1.165, 1.54) is 25.3 Å². The number of hydrogen-bond donors (Lipinski definition) is 1. The van der Waals surface area contributed by atoms with Gasteiger partial charge in [-0.15, -0.1) is 0 Å². The summed E-state index contributed by atoms with van der Waals surface area (Å²) in [7, 11) is 2.63. The summed E-state index contributed by atoms with van der Waals surface area (Å²) in [6, 6.07) is 4.04. The highest BCUT2D eigenvalue weighted by Gasteiger charge is 2.19. The van der Waals surface area contributed by atoms with Crippen LogP contribution in [0.1, 0.15) is 17.3 Å². The Labute approximate surface area is 104 Å². The van der Waals surface area contributed by atoms with Crippen molar-refractivity contribution in [2.24, 2.45) is 0 Å². The Bertz CT molecular complexity index is 527. The van der Waals surface area contributed by atoms with Gasteiger partial charge in [-0.3, -0.25) is 4.79 Å². The molecule has 0 saturated carbocycles. The number of hydrogen-bond acceptors (Lipinski definition) is 4. The van der Waals surface area contributed by atoms with Gasteiger partial charge in [0.15, 0.2) is 0 Å². The third kappa shape index (κ3) is 3.34. The van der Waals surface area contributed by atoms with E-state index in [2.05, 4.69) is 5.32 Å². The average Bonchev–Trinajstić information content (AvgIpc) is 2.27. The number of ether oxygens (including phenoxy) is 1. The molecule has 1 amide bonds. The summed E-state index contributed by atoms with van der Waals surface area (Å²) in [5.41, 5.74) is 0.215. The average molecular weight is 278 g/mol. The van der Waals surface area contributed by atoms with Crippen molar-refractivity contribution >= 4 is 25.6 Å². The highest BCUT2D eigenvalue weighted by molar-refractivity contribution is 8.13. The van der Waals surface area contributed by atoms with Crippen LogP contribution in [0.5, 0.6) is 5.75 Å². The minimum atomic E-state index is -3.95. The molecule has 0 spiro atoms. The van der Waals surface area contributed by atoms with Gasteiger partial charge in [-0.25, -0.2) is 8.42 Å². The second-order valence-corrected chi connectivity index (χ2v) is 5.70. The first-order valence-corrected chi connectivity index (χ1v) is 7.12. The van der Waals surface area contributed by atoms with Crippen LogP contribution in [0, 0.1) is 0 Å². The first kappa shape index (κ1) is 13.8. The quantitative estimate of drug-likeness (QED) is 0.844. The number of methoxy groups -OCH3 is 1. The van der Waals surface area contributed by atoms with Crippen molar-refractivity contribution in [2.45, 2.75) is 11.8 Å². The van der Waals surface area contributed by atoms with Crippen LogP contribution in [0.25, 0.3) is 0 Å². The molecular formula is C10H12ClNO4S. The first-order valence-electron chi connectivity index (χ1n) is 4.81. The molecule has 0 bridgehead atoms. The molecule has 1 aromatic rings. The molecule has 1 N–H and O–H groups in total. The summed E-state index contributed by atoms with van der Waals surface area (Å²) < 4.78 is 27.5. The molecule has 0 fully saturated rings. The summed E-state index contributed by atoms with van der Waals surface area (Å²) in [5.74, 6) is -0.259. The van der Waals surface area contributed by atoms with Gasteiger partial charge in [0.1, 0.15) is 10.6 Å². The number of rotatable bonds is 4. The van der Waals surface area contributed by atoms with E-state index in [9.17, 15) is 13.2 Å². The van der Waals surface area contributed by atoms with E-state index in [0.29, 0.717) is 6.54 Å². The number of nitrogens with one attached hydrogen (secondary N) is 1. The fraction of sp³-hybridized carbons (Fsp3) is 0.300. The zero-order chi connectivity index (χ0) is 13.1. The van der Waals surface area contributed by atoms with Crippen LogP contribution in [0.2, 0.25) is 0 Å². The predicted molar refractivity (Wildman–Crippen MR) is 64.0 cm³/mol. The van der Waals surface area contributed by atoms with Crippen molar-refractivity contribution in [3.63, 3.8) is 0 Å². The highest BCUT2D eigenvalue weighted by Crippen LogP contribution is 2.27. The van der Waals surface area contributed by atoms with Crippen molar-refractivity contribution in [3.05, 3.63) is 23.8 Å². The number of carbonyl (C=O) groups excluding carboxylic acids is 1. The molecular weight excluding hydrogens is 266 g/mol. The van der Waals surface area contributed by atoms with Gasteiger partial charge >= 0.3 is 0 Å². The minimum absolute atomic E-state index is 0.105. The van der Waals surface area contributed by atoms with E-state index in [1.54, 1.807) is 6.92 Å². The summed E-state index contributed by atoms with van der Waals surface area (Å²) in [6.45, 7) is 2.22. The maximum atomic E-state index is 11.5. The molecule has 0 aliphatic rings. The number of carbonyl (C=O) groups is 1. The maximum absolute atomic E-state index is 11.5. The Morgan fingerprint density at radius 3 is 2.59 bits per heavy atom. The first-order chi connectivity index (χ1) is 7.90. The number of benzene rings is 1. The molecule has 0 saturated heterocycles. The van der Waals surface area contributed by atoms with Gasteiger partial charge in [0.2, 0.25) is 0 Å². The van der Waals surface area contributed by atoms with Gasteiger partial charge in [-0.05, 0) is 25.1 Å². The lowest BCUT2D eigenvalue weighted by molar-refractivity contribution is 0.0955. The Morgan fingerprint density at radius 1 is 1.47 bits per heavy atom. The molecule has 1 aromatic carbocycles. The number of amides is 1. The molecule has 1 rings (SSSR count). The Hall–Kier alpha value is -1.27. The predicted octanol–water partition coefficient (Wildman–Crippen LogP) is 1.37. The molecule has 5 nitrogen and oxygen atoms in total. The van der Waals surface area contributed by atoms with Gasteiger partial charge in [-0.1, -0.05) is 0 Å². The van der Waals surface area contributed by atoms with E-state index < -0.39 is 9.05 Å². The standard InChI is InChI=1S/C10H12ClNO4S/c1-3-12-10(13)7-4-5-8(16-2)9(6-7)17(11,14)15/h4-6H,3H2,1-2H3,(H,12,13). The lowest BCUT2D eigenvalue weighted by Gasteiger charge is -2.08. The second-order valence-electron chi connectivity index (χ2n) is 3.16. The van der Waals surface area contributed by atoms with E-state index in [1.807, 2.05) is 0 Å². The van der Waals surface area contributed by atoms with Crippen molar-refractivity contribution in [2.75, 3.05) is 13.7 Å². The monoisotopic (exact) mass is 277 g/mol. The summed E-state index contributed by atoms with van der Waals surface area (Å²) in [4.78, 5) is 11.3. The highest BCUT2D eigenvalue weighted by atomic mass is 35.7. The Kier molecular flexibility index (Phi) is 4.36. The summed E-state index contributed by atoms with van der Waals surface area (Å²) >= 11 is 0. The van der Waals surface area contributed by atoms with Crippen LogP contribution in [-0.2, 0) is 9.05 Å². The molecule has 0 unspecified atom stereocenters. The Morgan fingerprint density at radius 2 is 2.12 bits per heavy atom. The molecule has 0 aromatic heterocycles. The van der Waals surface area contributed by atoms with Crippen LogP contribution in [0.15, 0.2) is 23.1 Å². The third-order valence-corrected chi connectivity index (χ3v) is 3.37. The van der Waals surface area contributed by atoms with Crippen molar-refractivity contribution in [1.82, 2.24) is 5.32 Å². The molecule has 94 valence electrons. The SMILES string of the molecule is CCNC(=O)c1ccc(OC)c(S(=O)(=O)Cl)c1. The van der Waals surface area contributed by atoms with Crippen LogP contribution >= 0.6 is 10.7 Å². The molecule has 0 radical (unpaired) electrons. The maximum Gasteiger partial charge on any atom is 0.265 e. The van der Waals surface area contributed by atoms with E-state index in [4.69, 9.17) is 15.4 Å². The van der Waals surface area contributed by atoms with Crippen LogP contribution in [-0.4, -0.2) is 28.0 Å². The molecule has 0 aliphatic heterocycles. The van der Waals surface area contributed by atoms with Crippen LogP contribution < -0.4 is 10.1 Å². The zero-order valence-electron chi connectivity index (χ0n) is 9.36. The molecule has 17 heavy (non-hydrogen) atoms. The van der Waals surface area contributed by atoms with Gasteiger partial charge in [-0.2, -0.15) is 0 Å². The van der Waals surface area contributed by atoms with Gasteiger partial charge in [0.25, 0.3) is 15.0 Å². The second kappa shape index (κ2) is 5.37. The zero-order valence-corrected chi connectivity index (χ0v) is 10.9. The molecule has 0 heterocycles. The third-order valence-electron chi connectivity index (χ3n) is 2.03. The summed E-state index contributed by atoms with van der Waals surface area (Å²) in [5, 5.41) is 2.56. The van der Waals surface area contributed by atoms with E-state index in [-0.39, 0.29) is 22.1 Å². The smallest absolute Gasteiger partial charge is 0.265 e. The van der Waals surface area contributed by atoms with Crippen molar-refractivity contribution in [3.8, 4) is 5.75 Å². The Balaban J connectivity index is 3.28. The largest absolute Gasteiger partial charge is 0.495 e. The molecule has 0 aliphatic carbocycles. The normalized spacial score (nSPS) is 11.0. The summed E-state index contributed by atoms with van der Waals surface area (Å²) in [6.07, 6.45) is 0. The van der Waals surface area contributed by atoms with Crippen molar-refractivity contribution < 1.29 is 17.9 Å². The van der Waals surface area contributed by atoms with Gasteiger partial charge in [0, 0.05) is 22.8 Å². The number of halogens is 1. The minimum Gasteiger partial charge on any atom is -0.495 e.